The van der Waals surface area contributed by atoms with Crippen molar-refractivity contribution in [3.05, 3.63) is 92.8 Å². The van der Waals surface area contributed by atoms with E-state index in [0.717, 1.165) is 37.1 Å². The van der Waals surface area contributed by atoms with Crippen molar-refractivity contribution in [2.75, 3.05) is 19.5 Å². The van der Waals surface area contributed by atoms with Gasteiger partial charge in [-0.15, -0.1) is 0 Å². The van der Waals surface area contributed by atoms with E-state index < -0.39 is 4.92 Å². The minimum Gasteiger partial charge on any atom is -0.398 e. The molecule has 1 aromatic rings. The van der Waals surface area contributed by atoms with Crippen molar-refractivity contribution in [2.45, 2.75) is 66.7 Å². The maximum Gasteiger partial charge on any atom is 0.271 e. The second kappa shape index (κ2) is 20.5. The van der Waals surface area contributed by atoms with Crippen LogP contribution in [0.3, 0.4) is 0 Å². The molecule has 1 aliphatic heterocycles. The number of benzene rings is 1. The number of allylic oxidation sites excluding steroid dienone is 6. The quantitative estimate of drug-likeness (QED) is 0.0854. The third-order valence-electron chi connectivity index (χ3n) is 6.24. The number of amidine groups is 1. The van der Waals surface area contributed by atoms with Crippen LogP contribution in [0.1, 0.15) is 66.7 Å². The van der Waals surface area contributed by atoms with Crippen molar-refractivity contribution in [3.63, 3.8) is 0 Å². The fraction of sp³-hybridized carbons (Fsp3) is 0.452. The molecule has 0 amide bonds. The number of ether oxygens (including phenoxy) is 1. The zero-order chi connectivity index (χ0) is 30.7. The summed E-state index contributed by atoms with van der Waals surface area (Å²) in [6.07, 6.45) is 15.5. The van der Waals surface area contributed by atoms with Crippen LogP contribution in [0.2, 0.25) is 5.02 Å². The van der Waals surface area contributed by atoms with Gasteiger partial charge >= 0.3 is 0 Å². The molecule has 0 bridgehead atoms. The number of hydrogen-bond donors (Lipinski definition) is 3. The fourth-order valence-electron chi connectivity index (χ4n) is 3.49. The van der Waals surface area contributed by atoms with Crippen LogP contribution in [-0.4, -0.2) is 24.5 Å². The molecular weight excluding hydrogens is 526 g/mol. The predicted octanol–water partition coefficient (Wildman–Crippen LogP) is 7.87. The predicted molar refractivity (Wildman–Crippen MR) is 171 cm³/mol. The van der Waals surface area contributed by atoms with Gasteiger partial charge in [0.15, 0.2) is 0 Å². The number of nitrogens with zero attached hydrogens (tertiary/aromatic N) is 2. The van der Waals surface area contributed by atoms with Crippen LogP contribution in [0.15, 0.2) is 82.7 Å². The van der Waals surface area contributed by atoms with Gasteiger partial charge in [0.25, 0.3) is 5.69 Å². The smallest absolute Gasteiger partial charge is 0.271 e. The number of unbranched alkanes of at least 4 members (excludes halogenated alkanes) is 1. The highest BCUT2D eigenvalue weighted by molar-refractivity contribution is 6.33. The summed E-state index contributed by atoms with van der Waals surface area (Å²) >= 11 is 5.53. The number of hydrogen-bond acceptors (Lipinski definition) is 7. The van der Waals surface area contributed by atoms with Crippen LogP contribution in [0.5, 0.6) is 0 Å². The molecule has 1 heterocycles. The number of methoxy groups -OCH3 is 1. The van der Waals surface area contributed by atoms with Gasteiger partial charge in [0.2, 0.25) is 0 Å². The SMILES string of the molecule is C=C/C=C(\C=C/C(C)CC)C1=C/CC(C)/C(CC)=C(N)\C(N)=N\1.CCCCOC.Nc1ccc([N+](=O)[O-])cc1Cl. The molecule has 2 atom stereocenters. The number of halogens is 1. The van der Waals surface area contributed by atoms with Gasteiger partial charge in [0, 0.05) is 25.8 Å². The molecule has 0 aromatic heterocycles. The molecule has 0 saturated carbocycles. The first-order chi connectivity index (χ1) is 19.0. The summed E-state index contributed by atoms with van der Waals surface area (Å²) < 4.78 is 4.78. The molecule has 1 aromatic carbocycles. The van der Waals surface area contributed by atoms with Gasteiger partial charge in [-0.3, -0.25) is 10.1 Å². The molecule has 0 saturated heterocycles. The van der Waals surface area contributed by atoms with E-state index in [4.69, 9.17) is 33.5 Å². The Morgan fingerprint density at radius 3 is 2.45 bits per heavy atom. The first-order valence-corrected chi connectivity index (χ1v) is 14.1. The summed E-state index contributed by atoms with van der Waals surface area (Å²) in [5, 5.41) is 10.4. The maximum atomic E-state index is 10.2. The summed E-state index contributed by atoms with van der Waals surface area (Å²) in [7, 11) is 1.73. The lowest BCUT2D eigenvalue weighted by atomic mass is 9.91. The van der Waals surface area contributed by atoms with Gasteiger partial charge in [-0.2, -0.15) is 0 Å². The number of nitro benzene ring substituents is 1. The van der Waals surface area contributed by atoms with Gasteiger partial charge < -0.3 is 21.9 Å². The molecule has 6 N–H and O–H groups in total. The molecule has 0 fully saturated rings. The summed E-state index contributed by atoms with van der Waals surface area (Å²) in [6.45, 7) is 15.5. The van der Waals surface area contributed by atoms with Crippen LogP contribution < -0.4 is 17.2 Å². The molecule has 2 unspecified atom stereocenters. The lowest BCUT2D eigenvalue weighted by Crippen LogP contribution is -2.25. The molecule has 0 aliphatic carbocycles. The summed E-state index contributed by atoms with van der Waals surface area (Å²) in [4.78, 5) is 14.2. The number of nitrogens with two attached hydrogens (primary N) is 3. The van der Waals surface area contributed by atoms with E-state index in [1.165, 1.54) is 36.6 Å². The normalized spacial score (nSPS) is 20.8. The zero-order valence-corrected chi connectivity index (χ0v) is 25.7. The molecule has 40 heavy (non-hydrogen) atoms. The van der Waals surface area contributed by atoms with Gasteiger partial charge in [-0.05, 0) is 48.3 Å². The molecule has 8 nitrogen and oxygen atoms in total. The van der Waals surface area contributed by atoms with Crippen molar-refractivity contribution >= 4 is 28.8 Å². The second-order valence-electron chi connectivity index (χ2n) is 9.43. The maximum absolute atomic E-state index is 10.2. The van der Waals surface area contributed by atoms with E-state index in [-0.39, 0.29) is 10.7 Å². The Kier molecular flexibility index (Phi) is 18.8. The molecule has 1 aliphatic rings. The van der Waals surface area contributed by atoms with E-state index in [9.17, 15) is 10.1 Å². The minimum atomic E-state index is -0.522. The van der Waals surface area contributed by atoms with Crippen LogP contribution in [0.4, 0.5) is 11.4 Å². The Morgan fingerprint density at radius 1 is 1.30 bits per heavy atom. The van der Waals surface area contributed by atoms with Gasteiger partial charge in [-0.25, -0.2) is 4.99 Å². The van der Waals surface area contributed by atoms with E-state index in [2.05, 4.69) is 64.4 Å². The Morgan fingerprint density at radius 2 is 1.98 bits per heavy atom. The Labute approximate surface area is 245 Å². The first kappa shape index (κ1) is 36.6. The first-order valence-electron chi connectivity index (χ1n) is 13.7. The lowest BCUT2D eigenvalue weighted by molar-refractivity contribution is -0.384. The van der Waals surface area contributed by atoms with Crippen molar-refractivity contribution in [1.29, 1.82) is 0 Å². The number of non-ortho nitro benzene ring substituents is 1. The number of anilines is 1. The van der Waals surface area contributed by atoms with Crippen molar-refractivity contribution in [1.82, 2.24) is 0 Å². The number of nitrogen functional groups attached to an aromatic ring is 1. The summed E-state index contributed by atoms with van der Waals surface area (Å²) in [5.74, 6) is 1.30. The number of aliphatic imine (C=N–C) groups is 1. The fourth-order valence-corrected chi connectivity index (χ4v) is 3.67. The van der Waals surface area contributed by atoms with Gasteiger partial charge in [-0.1, -0.05) is 96.0 Å². The van der Waals surface area contributed by atoms with Gasteiger partial charge in [0.1, 0.15) is 5.84 Å². The molecule has 0 spiro atoms. The average Bonchev–Trinajstić information content (AvgIpc) is 2.93. The van der Waals surface area contributed by atoms with Crippen molar-refractivity contribution in [3.8, 4) is 0 Å². The number of rotatable bonds is 10. The average molecular weight is 574 g/mol. The minimum absolute atomic E-state index is 0.0517. The van der Waals surface area contributed by atoms with E-state index in [0.29, 0.717) is 29.1 Å². The van der Waals surface area contributed by atoms with Crippen LogP contribution in [0.25, 0.3) is 0 Å². The highest BCUT2D eigenvalue weighted by Crippen LogP contribution is 2.27. The largest absolute Gasteiger partial charge is 0.398 e. The zero-order valence-electron chi connectivity index (χ0n) is 25.0. The summed E-state index contributed by atoms with van der Waals surface area (Å²) in [6, 6.07) is 3.93. The third-order valence-corrected chi connectivity index (χ3v) is 6.57. The monoisotopic (exact) mass is 573 g/mol. The Hall–Kier alpha value is -3.36. The lowest BCUT2D eigenvalue weighted by Gasteiger charge is -2.19. The molecular formula is C31H48ClN5O3. The highest BCUT2D eigenvalue weighted by Gasteiger charge is 2.16. The Balaban J connectivity index is 0.000000733. The molecule has 2 rings (SSSR count). The van der Waals surface area contributed by atoms with Crippen LogP contribution in [-0.2, 0) is 4.74 Å². The van der Waals surface area contributed by atoms with E-state index in [1.807, 2.05) is 6.08 Å². The van der Waals surface area contributed by atoms with Crippen molar-refractivity contribution < 1.29 is 9.66 Å². The summed E-state index contributed by atoms with van der Waals surface area (Å²) in [5.41, 5.74) is 21.7. The van der Waals surface area contributed by atoms with E-state index >= 15 is 0 Å². The Bertz CT molecular complexity index is 1100. The van der Waals surface area contributed by atoms with E-state index in [1.54, 1.807) is 13.2 Å². The van der Waals surface area contributed by atoms with Crippen LogP contribution >= 0.6 is 11.6 Å². The second-order valence-corrected chi connectivity index (χ2v) is 9.83. The van der Waals surface area contributed by atoms with Crippen molar-refractivity contribution in [2.24, 2.45) is 28.3 Å². The highest BCUT2D eigenvalue weighted by atomic mass is 35.5. The third kappa shape index (κ3) is 13.6. The van der Waals surface area contributed by atoms with Crippen LogP contribution in [0, 0.1) is 22.0 Å². The molecule has 9 heteroatoms. The number of nitro groups is 1. The molecule has 222 valence electrons. The standard InChI is InChI=1S/C20H31N3.C6H5ClN2O2.C5H12O/c1-6-9-16(12-10-14(4)7-2)18-13-11-15(5)17(8-3)19(21)20(22)23-18;7-5-3-4(9(10)11)1-2-6(5)8;1-3-4-5-6-2/h6,9-10,12-15H,1,7-8,11,21H2,2-5H3,(H2,22,23);1-3H,8H2;3-5H2,1-2H3/b12-10-,16-9+,18-13-,19-17+;;. The molecule has 0 radical (unpaired) electrons. The topological polar surface area (TPSA) is 143 Å². The van der Waals surface area contributed by atoms with Gasteiger partial charge in [0.05, 0.1) is 27.0 Å².